The molecular formula is C19H17N3O4. The van der Waals surface area contributed by atoms with Crippen LogP contribution in [0.2, 0.25) is 0 Å². The lowest BCUT2D eigenvalue weighted by atomic mass is 9.85. The van der Waals surface area contributed by atoms with Crippen LogP contribution in [0.4, 0.5) is 0 Å². The number of amides is 2. The predicted molar refractivity (Wildman–Crippen MR) is 91.3 cm³/mol. The molecule has 1 saturated carbocycles. The highest BCUT2D eigenvalue weighted by molar-refractivity contribution is 6.06. The Balaban J connectivity index is 1.53. The lowest BCUT2D eigenvalue weighted by molar-refractivity contribution is -0.140. The van der Waals surface area contributed by atoms with Crippen LogP contribution in [0, 0.1) is 35.0 Å². The lowest BCUT2D eigenvalue weighted by Gasteiger charge is -2.13. The summed E-state index contributed by atoms with van der Waals surface area (Å²) in [5.41, 5.74) is 0.657. The van der Waals surface area contributed by atoms with E-state index >= 15 is 0 Å². The van der Waals surface area contributed by atoms with Crippen LogP contribution in [0.1, 0.15) is 12.0 Å². The third-order valence-electron chi connectivity index (χ3n) is 5.25. The molecule has 4 rings (SSSR count). The maximum Gasteiger partial charge on any atom is 0.254 e. The molecule has 1 saturated heterocycles. The highest BCUT2D eigenvalue weighted by Gasteiger charge is 2.59. The van der Waals surface area contributed by atoms with Gasteiger partial charge in [-0.25, -0.2) is 0 Å². The topological polar surface area (TPSA) is 92.0 Å². The van der Waals surface area contributed by atoms with E-state index in [1.165, 1.54) is 13.3 Å². The summed E-state index contributed by atoms with van der Waals surface area (Å²) in [6.07, 6.45) is 6.46. The Morgan fingerprint density at radius 1 is 1.23 bits per heavy atom. The van der Waals surface area contributed by atoms with Gasteiger partial charge in [-0.05, 0) is 42.0 Å². The highest BCUT2D eigenvalue weighted by Crippen LogP contribution is 2.52. The van der Waals surface area contributed by atoms with E-state index in [0.29, 0.717) is 17.1 Å². The Hall–Kier alpha value is -3.14. The molecule has 0 spiro atoms. The van der Waals surface area contributed by atoms with Crippen molar-refractivity contribution < 1.29 is 19.1 Å². The fraction of sp³-hybridized carbons (Fsp3) is 0.368. The number of nitriles is 1. The standard InChI is InChI=1S/C19H17N3O4/c1-25-15-8-11(2-5-14(15)26-7-6-20)10-21-22-18(23)16-12-3-4-13(9-12)17(16)19(22)24/h2-5,8,10,12-13,16-17H,7,9H2,1H3/t12-,13-,16-,17+/m0/s1. The van der Waals surface area contributed by atoms with Crippen LogP contribution in [0.3, 0.4) is 0 Å². The fourth-order valence-corrected chi connectivity index (χ4v) is 4.12. The van der Waals surface area contributed by atoms with Crippen LogP contribution >= 0.6 is 0 Å². The number of ether oxygens (including phenoxy) is 2. The lowest BCUT2D eigenvalue weighted by Crippen LogP contribution is -2.28. The van der Waals surface area contributed by atoms with Crippen LogP contribution in [0.25, 0.3) is 0 Å². The Morgan fingerprint density at radius 2 is 1.92 bits per heavy atom. The molecule has 0 unspecified atom stereocenters. The maximum absolute atomic E-state index is 12.6. The van der Waals surface area contributed by atoms with E-state index in [4.69, 9.17) is 14.7 Å². The number of benzene rings is 1. The zero-order chi connectivity index (χ0) is 18.3. The zero-order valence-electron chi connectivity index (χ0n) is 14.2. The smallest absolute Gasteiger partial charge is 0.254 e. The SMILES string of the molecule is COc1cc(C=NN2C(=O)[C@@H]3[C@H](C2=O)[C@H]2C=C[C@H]3C2)ccc1OCC#N. The second-order valence-corrected chi connectivity index (χ2v) is 6.59. The average molecular weight is 351 g/mol. The van der Waals surface area contributed by atoms with E-state index in [-0.39, 0.29) is 42.1 Å². The number of hydrogen-bond acceptors (Lipinski definition) is 6. The summed E-state index contributed by atoms with van der Waals surface area (Å²) in [6.45, 7) is -0.0836. The molecular weight excluding hydrogens is 334 g/mol. The molecule has 1 aliphatic heterocycles. The first kappa shape index (κ1) is 16.3. The van der Waals surface area contributed by atoms with Crippen molar-refractivity contribution in [2.75, 3.05) is 13.7 Å². The van der Waals surface area contributed by atoms with Gasteiger partial charge in [0.25, 0.3) is 11.8 Å². The van der Waals surface area contributed by atoms with Gasteiger partial charge in [0.05, 0.1) is 25.2 Å². The van der Waals surface area contributed by atoms with Crippen LogP contribution in [-0.2, 0) is 9.59 Å². The van der Waals surface area contributed by atoms with Crippen molar-refractivity contribution in [3.63, 3.8) is 0 Å². The van der Waals surface area contributed by atoms with Gasteiger partial charge < -0.3 is 9.47 Å². The maximum atomic E-state index is 12.6. The molecule has 0 N–H and O–H groups in total. The molecule has 7 nitrogen and oxygen atoms in total. The Bertz CT molecular complexity index is 840. The van der Waals surface area contributed by atoms with Gasteiger partial charge in [-0.1, -0.05) is 12.2 Å². The number of methoxy groups -OCH3 is 1. The van der Waals surface area contributed by atoms with Gasteiger partial charge in [0.1, 0.15) is 6.07 Å². The molecule has 2 bridgehead atoms. The number of rotatable bonds is 5. The van der Waals surface area contributed by atoms with Crippen molar-refractivity contribution in [2.45, 2.75) is 6.42 Å². The van der Waals surface area contributed by atoms with Crippen LogP contribution in [-0.4, -0.2) is 36.8 Å². The van der Waals surface area contributed by atoms with Crippen LogP contribution in [0.15, 0.2) is 35.5 Å². The summed E-state index contributed by atoms with van der Waals surface area (Å²) in [5, 5.41) is 13.7. The van der Waals surface area contributed by atoms with Crippen molar-refractivity contribution in [3.05, 3.63) is 35.9 Å². The Kier molecular flexibility index (Phi) is 3.96. The highest BCUT2D eigenvalue weighted by atomic mass is 16.5. The molecule has 1 aromatic rings. The number of hydrogen-bond donors (Lipinski definition) is 0. The normalized spacial score (nSPS) is 28.7. The average Bonchev–Trinajstić information content (AvgIpc) is 3.33. The summed E-state index contributed by atoms with van der Waals surface area (Å²) in [6, 6.07) is 6.94. The summed E-state index contributed by atoms with van der Waals surface area (Å²) >= 11 is 0. The zero-order valence-corrected chi connectivity index (χ0v) is 14.2. The Morgan fingerprint density at radius 3 is 2.54 bits per heavy atom. The van der Waals surface area contributed by atoms with Crippen molar-refractivity contribution in [1.82, 2.24) is 5.01 Å². The first-order chi connectivity index (χ1) is 12.6. The van der Waals surface area contributed by atoms with E-state index in [2.05, 4.69) is 17.3 Å². The molecule has 132 valence electrons. The van der Waals surface area contributed by atoms with E-state index in [9.17, 15) is 9.59 Å². The summed E-state index contributed by atoms with van der Waals surface area (Å²) < 4.78 is 10.5. The molecule has 0 radical (unpaired) electrons. The van der Waals surface area contributed by atoms with Gasteiger partial charge >= 0.3 is 0 Å². The minimum Gasteiger partial charge on any atom is -0.493 e. The number of nitrogens with zero attached hydrogens (tertiary/aromatic N) is 3. The summed E-state index contributed by atoms with van der Waals surface area (Å²) in [4.78, 5) is 25.2. The van der Waals surface area contributed by atoms with Crippen molar-refractivity contribution in [2.24, 2.45) is 28.8 Å². The van der Waals surface area contributed by atoms with Gasteiger partial charge in [-0.15, -0.1) is 0 Å². The molecule has 4 atom stereocenters. The van der Waals surface area contributed by atoms with E-state index in [1.807, 2.05) is 6.07 Å². The predicted octanol–water partition coefficient (Wildman–Crippen LogP) is 1.74. The minimum absolute atomic E-state index is 0.0836. The van der Waals surface area contributed by atoms with Crippen molar-refractivity contribution in [1.29, 1.82) is 5.26 Å². The largest absolute Gasteiger partial charge is 0.493 e. The van der Waals surface area contributed by atoms with E-state index in [0.717, 1.165) is 11.4 Å². The van der Waals surface area contributed by atoms with Gasteiger partial charge in [0, 0.05) is 0 Å². The number of carbonyl (C=O) groups is 2. The first-order valence-electron chi connectivity index (χ1n) is 8.42. The van der Waals surface area contributed by atoms with Gasteiger partial charge in [-0.3, -0.25) is 9.59 Å². The Labute approximate surface area is 150 Å². The molecule has 2 fully saturated rings. The monoisotopic (exact) mass is 351 g/mol. The third-order valence-corrected chi connectivity index (χ3v) is 5.25. The molecule has 1 aromatic carbocycles. The fourth-order valence-electron chi connectivity index (χ4n) is 4.12. The second kappa shape index (κ2) is 6.30. The van der Waals surface area contributed by atoms with Gasteiger partial charge in [0.2, 0.25) is 0 Å². The van der Waals surface area contributed by atoms with Crippen molar-refractivity contribution >= 4 is 18.0 Å². The summed E-state index contributed by atoms with van der Waals surface area (Å²) in [7, 11) is 1.49. The molecule has 2 aliphatic carbocycles. The molecule has 1 heterocycles. The number of allylic oxidation sites excluding steroid dienone is 2. The third kappa shape index (κ3) is 2.46. The first-order valence-corrected chi connectivity index (χ1v) is 8.42. The molecule has 3 aliphatic rings. The van der Waals surface area contributed by atoms with Crippen molar-refractivity contribution in [3.8, 4) is 17.6 Å². The molecule has 7 heteroatoms. The van der Waals surface area contributed by atoms with Gasteiger partial charge in [0.15, 0.2) is 18.1 Å². The van der Waals surface area contributed by atoms with E-state index < -0.39 is 0 Å². The van der Waals surface area contributed by atoms with Gasteiger partial charge in [-0.2, -0.15) is 15.4 Å². The van der Waals surface area contributed by atoms with E-state index in [1.54, 1.807) is 18.2 Å². The molecule has 2 amide bonds. The number of fused-ring (bicyclic) bond motifs is 5. The quantitative estimate of drug-likeness (QED) is 0.458. The molecule has 0 aromatic heterocycles. The number of imide groups is 1. The second-order valence-electron chi connectivity index (χ2n) is 6.59. The van der Waals surface area contributed by atoms with Crippen LogP contribution in [0.5, 0.6) is 11.5 Å². The molecule has 26 heavy (non-hydrogen) atoms. The number of hydrazone groups is 1. The van der Waals surface area contributed by atoms with Crippen LogP contribution < -0.4 is 9.47 Å². The minimum atomic E-state index is -0.258. The summed E-state index contributed by atoms with van der Waals surface area (Å²) in [5.74, 6) is 0.274. The number of carbonyl (C=O) groups excluding carboxylic acids is 2.